The summed E-state index contributed by atoms with van der Waals surface area (Å²) >= 11 is 0. The lowest BCUT2D eigenvalue weighted by molar-refractivity contribution is 0.481. The van der Waals surface area contributed by atoms with Gasteiger partial charge in [-0.15, -0.1) is 0 Å². The van der Waals surface area contributed by atoms with Crippen LogP contribution in [-0.4, -0.2) is 9.55 Å². The van der Waals surface area contributed by atoms with Gasteiger partial charge in [-0.1, -0.05) is 37.3 Å². The largest absolute Gasteiger partial charge is 0.457 e. The van der Waals surface area contributed by atoms with Crippen molar-refractivity contribution in [2.45, 2.75) is 26.3 Å². The monoisotopic (exact) mass is 388 g/mol. The Morgan fingerprint density at radius 1 is 1.00 bits per heavy atom. The van der Waals surface area contributed by atoms with Gasteiger partial charge in [0.1, 0.15) is 23.1 Å². The molecule has 0 radical (unpaired) electrons. The normalized spacial score (nSPS) is 12.1. The Hall–Kier alpha value is -3.47. The molecule has 146 valence electrons. The molecule has 4 rings (SSSR count). The van der Waals surface area contributed by atoms with Crippen LogP contribution >= 0.6 is 0 Å². The average molecular weight is 388 g/mol. The summed E-state index contributed by atoms with van der Waals surface area (Å²) in [6.45, 7) is 3.91. The van der Waals surface area contributed by atoms with Crippen LogP contribution in [0.5, 0.6) is 11.5 Å². The molecule has 0 spiro atoms. The number of nitrogens with zero attached hydrogens (tertiary/aromatic N) is 2. The van der Waals surface area contributed by atoms with E-state index in [2.05, 4.69) is 11.9 Å². The van der Waals surface area contributed by atoms with E-state index in [9.17, 15) is 9.18 Å². The summed E-state index contributed by atoms with van der Waals surface area (Å²) in [6.07, 6.45) is 0.768. The molecule has 0 bridgehead atoms. The number of aromatic nitrogens is 2. The highest BCUT2D eigenvalue weighted by atomic mass is 19.1. The standard InChI is InChI=1S/C24H21FN2O2/c1-3-23(17-7-5-4-6-8-17)27-16(2)26-22-14-13-20(15-21(22)24(27)28)29-19-11-9-18(25)10-12-19/h4-15,23H,3H2,1-2H3/t23-/m1/s1. The molecule has 29 heavy (non-hydrogen) atoms. The van der Waals surface area contributed by atoms with Crippen molar-refractivity contribution in [3.63, 3.8) is 0 Å². The van der Waals surface area contributed by atoms with E-state index in [0.717, 1.165) is 12.0 Å². The Labute approximate surface area is 168 Å². The van der Waals surface area contributed by atoms with Crippen LogP contribution in [0.1, 0.15) is 30.8 Å². The quantitative estimate of drug-likeness (QED) is 0.445. The van der Waals surface area contributed by atoms with Gasteiger partial charge in [0.05, 0.1) is 16.9 Å². The SMILES string of the molecule is CC[C@H](c1ccccc1)n1c(C)nc2ccc(Oc3ccc(F)cc3)cc2c1=O. The lowest BCUT2D eigenvalue weighted by Crippen LogP contribution is -2.28. The first-order valence-electron chi connectivity index (χ1n) is 9.58. The van der Waals surface area contributed by atoms with Gasteiger partial charge in [0.2, 0.25) is 0 Å². The Morgan fingerprint density at radius 3 is 2.38 bits per heavy atom. The fourth-order valence-electron chi connectivity index (χ4n) is 3.60. The molecule has 0 aliphatic heterocycles. The minimum absolute atomic E-state index is 0.0951. The molecule has 4 nitrogen and oxygen atoms in total. The Morgan fingerprint density at radius 2 is 1.69 bits per heavy atom. The molecule has 0 N–H and O–H groups in total. The first-order chi connectivity index (χ1) is 14.1. The predicted octanol–water partition coefficient (Wildman–Crippen LogP) is 5.64. The van der Waals surface area contributed by atoms with Gasteiger partial charge in [0.15, 0.2) is 0 Å². The summed E-state index contributed by atoms with van der Waals surface area (Å²) in [5.74, 6) is 1.35. The molecule has 0 saturated carbocycles. The number of halogens is 1. The van der Waals surface area contributed by atoms with E-state index in [1.165, 1.54) is 12.1 Å². The van der Waals surface area contributed by atoms with Crippen molar-refractivity contribution >= 4 is 10.9 Å². The van der Waals surface area contributed by atoms with E-state index in [1.54, 1.807) is 34.9 Å². The molecular weight excluding hydrogens is 367 g/mol. The van der Waals surface area contributed by atoms with Crippen molar-refractivity contribution in [3.8, 4) is 11.5 Å². The second-order valence-corrected chi connectivity index (χ2v) is 6.90. The molecule has 0 saturated heterocycles. The third-order valence-corrected chi connectivity index (χ3v) is 4.98. The molecule has 0 aliphatic carbocycles. The number of fused-ring (bicyclic) bond motifs is 1. The summed E-state index contributed by atoms with van der Waals surface area (Å²) in [5, 5.41) is 0.490. The highest BCUT2D eigenvalue weighted by Gasteiger charge is 2.18. The Bertz CT molecular complexity index is 1200. The molecule has 0 amide bonds. The lowest BCUT2D eigenvalue weighted by Gasteiger charge is -2.21. The van der Waals surface area contributed by atoms with Crippen molar-refractivity contribution in [1.29, 1.82) is 0 Å². The second-order valence-electron chi connectivity index (χ2n) is 6.90. The zero-order chi connectivity index (χ0) is 20.4. The van der Waals surface area contributed by atoms with Crippen LogP contribution in [0.3, 0.4) is 0 Å². The van der Waals surface area contributed by atoms with Crippen LogP contribution in [-0.2, 0) is 0 Å². The van der Waals surface area contributed by atoms with E-state index in [1.807, 2.05) is 37.3 Å². The number of aryl methyl sites for hydroxylation is 1. The molecule has 0 unspecified atom stereocenters. The van der Waals surface area contributed by atoms with Gasteiger partial charge >= 0.3 is 0 Å². The average Bonchev–Trinajstić information content (AvgIpc) is 2.74. The zero-order valence-corrected chi connectivity index (χ0v) is 16.3. The third kappa shape index (κ3) is 3.76. The highest BCUT2D eigenvalue weighted by molar-refractivity contribution is 5.79. The van der Waals surface area contributed by atoms with Crippen molar-refractivity contribution in [2.75, 3.05) is 0 Å². The summed E-state index contributed by atoms with van der Waals surface area (Å²) in [4.78, 5) is 18.0. The molecule has 4 aromatic rings. The minimum atomic E-state index is -0.329. The summed E-state index contributed by atoms with van der Waals surface area (Å²) in [7, 11) is 0. The van der Waals surface area contributed by atoms with Gasteiger partial charge in [-0.25, -0.2) is 9.37 Å². The van der Waals surface area contributed by atoms with Gasteiger partial charge in [-0.3, -0.25) is 9.36 Å². The maximum absolute atomic E-state index is 13.4. The third-order valence-electron chi connectivity index (χ3n) is 4.98. The van der Waals surface area contributed by atoms with E-state index < -0.39 is 0 Å². The van der Waals surface area contributed by atoms with Crippen LogP contribution in [0.2, 0.25) is 0 Å². The van der Waals surface area contributed by atoms with Crippen molar-refractivity contribution in [1.82, 2.24) is 9.55 Å². The van der Waals surface area contributed by atoms with E-state index >= 15 is 0 Å². The minimum Gasteiger partial charge on any atom is -0.457 e. The van der Waals surface area contributed by atoms with Gasteiger partial charge in [0.25, 0.3) is 5.56 Å². The van der Waals surface area contributed by atoms with Crippen LogP contribution in [0.25, 0.3) is 10.9 Å². The maximum Gasteiger partial charge on any atom is 0.262 e. The topological polar surface area (TPSA) is 44.1 Å². The van der Waals surface area contributed by atoms with Crippen molar-refractivity contribution < 1.29 is 9.13 Å². The summed E-state index contributed by atoms with van der Waals surface area (Å²) in [6, 6.07) is 20.9. The van der Waals surface area contributed by atoms with Gasteiger partial charge in [0, 0.05) is 0 Å². The fraction of sp³-hybridized carbons (Fsp3) is 0.167. The first-order valence-corrected chi connectivity index (χ1v) is 9.58. The maximum atomic E-state index is 13.4. The van der Waals surface area contributed by atoms with Crippen LogP contribution < -0.4 is 10.3 Å². The van der Waals surface area contributed by atoms with Crippen LogP contribution in [0.4, 0.5) is 4.39 Å². The number of hydrogen-bond donors (Lipinski definition) is 0. The van der Waals surface area contributed by atoms with E-state index in [-0.39, 0.29) is 17.4 Å². The predicted molar refractivity (Wildman–Crippen MR) is 112 cm³/mol. The molecule has 1 atom stereocenters. The van der Waals surface area contributed by atoms with E-state index in [0.29, 0.717) is 28.2 Å². The molecule has 1 aromatic heterocycles. The molecule has 0 fully saturated rings. The number of rotatable bonds is 5. The molecule has 0 aliphatic rings. The summed E-state index contributed by atoms with van der Waals surface area (Å²) < 4.78 is 20.7. The zero-order valence-electron chi connectivity index (χ0n) is 16.3. The molecule has 5 heteroatoms. The van der Waals surface area contributed by atoms with Gasteiger partial charge in [-0.05, 0) is 61.4 Å². The fourth-order valence-corrected chi connectivity index (χ4v) is 3.60. The molecular formula is C24H21FN2O2. The van der Waals surface area contributed by atoms with Gasteiger partial charge in [-0.2, -0.15) is 0 Å². The van der Waals surface area contributed by atoms with Crippen LogP contribution in [0.15, 0.2) is 77.6 Å². The Balaban J connectivity index is 1.80. The van der Waals surface area contributed by atoms with E-state index in [4.69, 9.17) is 4.74 Å². The van der Waals surface area contributed by atoms with Gasteiger partial charge < -0.3 is 4.74 Å². The summed E-state index contributed by atoms with van der Waals surface area (Å²) in [5.41, 5.74) is 1.59. The van der Waals surface area contributed by atoms with Crippen molar-refractivity contribution in [3.05, 3.63) is 100 Å². The molecule has 3 aromatic carbocycles. The molecule has 1 heterocycles. The first kappa shape index (κ1) is 18.9. The van der Waals surface area contributed by atoms with Crippen LogP contribution in [0, 0.1) is 12.7 Å². The Kier molecular flexibility index (Phi) is 5.12. The highest BCUT2D eigenvalue weighted by Crippen LogP contribution is 2.26. The number of hydrogen-bond acceptors (Lipinski definition) is 3. The smallest absolute Gasteiger partial charge is 0.262 e. The second kappa shape index (κ2) is 7.87. The number of benzene rings is 3. The lowest BCUT2D eigenvalue weighted by atomic mass is 10.0. The van der Waals surface area contributed by atoms with Crippen molar-refractivity contribution in [2.24, 2.45) is 0 Å². The number of ether oxygens (including phenoxy) is 1.